The Morgan fingerprint density at radius 2 is 1.81 bits per heavy atom. The van der Waals surface area contributed by atoms with E-state index in [9.17, 15) is 34.4 Å². The van der Waals surface area contributed by atoms with Crippen molar-refractivity contribution >= 4 is 23.5 Å². The van der Waals surface area contributed by atoms with Crippen molar-refractivity contribution in [3.8, 4) is 0 Å². The van der Waals surface area contributed by atoms with Gasteiger partial charge in [-0.15, -0.1) is 10.1 Å². The zero-order valence-corrected chi connectivity index (χ0v) is 27.3. The van der Waals surface area contributed by atoms with E-state index in [-0.39, 0.29) is 55.4 Å². The van der Waals surface area contributed by atoms with Crippen LogP contribution in [-0.2, 0) is 33.5 Å². The van der Waals surface area contributed by atoms with Gasteiger partial charge in [-0.1, -0.05) is 19.9 Å². The lowest BCUT2D eigenvalue weighted by molar-refractivity contribution is -0.757. The number of rotatable bonds is 12. The van der Waals surface area contributed by atoms with E-state index in [0.717, 1.165) is 0 Å². The maximum absolute atomic E-state index is 15.5. The Labute approximate surface area is 272 Å². The summed E-state index contributed by atoms with van der Waals surface area (Å²) in [7, 11) is 0. The number of hydrogen-bond acceptors (Lipinski definition) is 13. The van der Waals surface area contributed by atoms with E-state index in [1.165, 1.54) is 26.0 Å². The quantitative estimate of drug-likeness (QED) is 0.0766. The number of hydrogen-bond donors (Lipinski definition) is 4. The monoisotopic (exact) mass is 670 g/mol. The van der Waals surface area contributed by atoms with Crippen LogP contribution in [0.4, 0.5) is 4.39 Å². The van der Waals surface area contributed by atoms with Crippen molar-refractivity contribution in [3.05, 3.63) is 33.9 Å². The number of fused-ring (bicyclic) bond motifs is 5. The van der Waals surface area contributed by atoms with Gasteiger partial charge in [0.1, 0.15) is 18.8 Å². The number of esters is 2. The molecule has 4 aliphatic rings. The molecule has 4 rings (SSSR count). The van der Waals surface area contributed by atoms with Crippen LogP contribution in [0.5, 0.6) is 0 Å². The van der Waals surface area contributed by atoms with Crippen molar-refractivity contribution in [2.45, 2.75) is 96.7 Å². The van der Waals surface area contributed by atoms with E-state index >= 15 is 4.39 Å². The summed E-state index contributed by atoms with van der Waals surface area (Å²) in [5, 5.41) is 36.7. The minimum absolute atomic E-state index is 0.0208. The van der Waals surface area contributed by atoms with E-state index in [4.69, 9.17) is 25.4 Å². The minimum Gasteiger partial charge on any atom is -0.465 e. The molecule has 0 aromatic heterocycles. The zero-order chi connectivity index (χ0) is 35.3. The van der Waals surface area contributed by atoms with Gasteiger partial charge in [-0.25, -0.2) is 4.39 Å². The maximum Gasteiger partial charge on any atom is 0.323 e. The molecule has 47 heavy (non-hydrogen) atoms. The summed E-state index contributed by atoms with van der Waals surface area (Å²) in [6, 6.07) is -1.30. The first-order valence-electron chi connectivity index (χ1n) is 15.9. The Balaban J connectivity index is 0.00000111. The van der Waals surface area contributed by atoms with E-state index in [1.54, 1.807) is 6.08 Å². The predicted molar refractivity (Wildman–Crippen MR) is 162 cm³/mol. The summed E-state index contributed by atoms with van der Waals surface area (Å²) >= 11 is 0. The second kappa shape index (κ2) is 15.3. The van der Waals surface area contributed by atoms with Gasteiger partial charge in [0.2, 0.25) is 0 Å². The van der Waals surface area contributed by atoms with Crippen LogP contribution >= 0.6 is 0 Å². The predicted octanol–water partition coefficient (Wildman–Crippen LogP) is 1.90. The van der Waals surface area contributed by atoms with E-state index < -0.39 is 70.9 Å². The highest BCUT2D eigenvalue weighted by Crippen LogP contribution is 2.66. The minimum atomic E-state index is -1.50. The van der Waals surface area contributed by atoms with Crippen LogP contribution < -0.4 is 5.73 Å². The zero-order valence-electron chi connectivity index (χ0n) is 27.3. The molecule has 0 amide bonds. The van der Waals surface area contributed by atoms with Crippen molar-refractivity contribution in [1.29, 1.82) is 0 Å². The molecule has 0 aliphatic heterocycles. The van der Waals surface area contributed by atoms with Crippen molar-refractivity contribution in [3.63, 3.8) is 0 Å². The summed E-state index contributed by atoms with van der Waals surface area (Å²) in [6.07, 6.45) is 4.23. The Kier molecular flexibility index (Phi) is 12.4. The van der Waals surface area contributed by atoms with Crippen LogP contribution in [0.2, 0.25) is 0 Å². The van der Waals surface area contributed by atoms with Crippen LogP contribution in [0, 0.1) is 44.6 Å². The number of halogens is 1. The average Bonchev–Trinajstić information content (AvgIpc) is 3.29. The molecular weight excluding hydrogens is 623 g/mol. The number of carbonyl (C=O) groups is 4. The average molecular weight is 671 g/mol. The summed E-state index contributed by atoms with van der Waals surface area (Å²) < 4.78 is 25.6. The fraction of sp³-hybridized carbons (Fsp3) is 0.750. The van der Waals surface area contributed by atoms with Gasteiger partial charge in [-0.05, 0) is 87.3 Å². The van der Waals surface area contributed by atoms with Crippen LogP contribution in [0.15, 0.2) is 23.8 Å². The van der Waals surface area contributed by atoms with Gasteiger partial charge in [0, 0.05) is 17.3 Å². The highest BCUT2D eigenvalue weighted by atomic mass is 19.1. The number of aliphatic hydroxyl groups excluding tert-OH is 1. The van der Waals surface area contributed by atoms with E-state index in [1.807, 2.05) is 13.8 Å². The lowest BCUT2D eigenvalue weighted by Gasteiger charge is -2.59. The third kappa shape index (κ3) is 9.42. The van der Waals surface area contributed by atoms with Crippen molar-refractivity contribution < 1.29 is 58.3 Å². The van der Waals surface area contributed by atoms with Gasteiger partial charge >= 0.3 is 11.9 Å². The Morgan fingerprint density at radius 1 is 1.17 bits per heavy atom. The number of carbonyl (C=O) groups excluding carboxylic acids is 4. The first-order chi connectivity index (χ1) is 21.8. The topological polar surface area (TPSA) is 226 Å². The molecule has 3 unspecified atom stereocenters. The third-order valence-electron chi connectivity index (χ3n) is 9.91. The molecule has 4 aliphatic carbocycles. The van der Waals surface area contributed by atoms with E-state index in [2.05, 4.69) is 4.84 Å². The number of alkyl halides is 1. The molecule has 15 heteroatoms. The largest absolute Gasteiger partial charge is 0.465 e. The first kappa shape index (κ1) is 38.2. The van der Waals surface area contributed by atoms with Gasteiger partial charge in [0.15, 0.2) is 17.4 Å². The highest BCUT2D eigenvalue weighted by Gasteiger charge is 2.64. The van der Waals surface area contributed by atoms with Gasteiger partial charge < -0.3 is 35.4 Å². The summed E-state index contributed by atoms with van der Waals surface area (Å²) in [5.74, 6) is -4.70. The molecule has 14 nitrogen and oxygen atoms in total. The third-order valence-corrected chi connectivity index (χ3v) is 9.91. The van der Waals surface area contributed by atoms with Crippen molar-refractivity contribution in [2.75, 3.05) is 19.8 Å². The first-order valence-corrected chi connectivity index (χ1v) is 15.9. The number of unbranched alkanes of at least 4 members (excludes halogenated alkanes) is 1. The van der Waals surface area contributed by atoms with Gasteiger partial charge in [-0.3, -0.25) is 19.2 Å². The maximum atomic E-state index is 15.5. The second-order valence-corrected chi connectivity index (χ2v) is 13.9. The SMILES string of the molecule is CC(C)(O)O.C[C@]12C[C@H](O)[C@H]3[C@@H](C[C@H](F)C4=CC(=O)C=C[C@@]43C)C1CCC2C(=O)COC(=O)CC(N)C(=O)OCCCCO[N+](=O)[O-]. The van der Waals surface area contributed by atoms with Gasteiger partial charge in [0.25, 0.3) is 5.09 Å². The molecule has 5 N–H and O–H groups in total. The summed E-state index contributed by atoms with van der Waals surface area (Å²) in [6.45, 7) is 5.74. The van der Waals surface area contributed by atoms with Gasteiger partial charge in [-0.2, -0.15) is 0 Å². The van der Waals surface area contributed by atoms with Gasteiger partial charge in [0.05, 0.1) is 25.7 Å². The molecule has 3 fully saturated rings. The molecular formula is C32H47FN2O12. The fourth-order valence-electron chi connectivity index (χ4n) is 8.06. The van der Waals surface area contributed by atoms with Crippen LogP contribution in [0.3, 0.4) is 0 Å². The van der Waals surface area contributed by atoms with Crippen LogP contribution in [-0.4, -0.2) is 87.8 Å². The number of nitrogens with zero attached hydrogens (tertiary/aromatic N) is 1. The van der Waals surface area contributed by atoms with E-state index in [0.29, 0.717) is 31.3 Å². The molecule has 0 aromatic rings. The number of allylic oxidation sites excluding steroid dienone is 4. The number of ketones is 2. The smallest absolute Gasteiger partial charge is 0.323 e. The number of nitrogens with two attached hydrogens (primary N) is 1. The van der Waals surface area contributed by atoms with Crippen LogP contribution in [0.25, 0.3) is 0 Å². The lowest BCUT2D eigenvalue weighted by Crippen LogP contribution is -2.58. The normalized spacial score (nSPS) is 33.1. The molecule has 0 bridgehead atoms. The molecule has 0 heterocycles. The molecule has 3 saturated carbocycles. The molecule has 264 valence electrons. The molecule has 0 spiro atoms. The molecule has 9 atom stereocenters. The Bertz CT molecular complexity index is 1260. The second-order valence-electron chi connectivity index (χ2n) is 13.9. The number of aliphatic hydroxyl groups is 3. The number of ether oxygens (including phenoxy) is 2. The van der Waals surface area contributed by atoms with Crippen LogP contribution in [0.1, 0.15) is 72.6 Å². The lowest BCUT2D eigenvalue weighted by atomic mass is 9.46. The van der Waals surface area contributed by atoms with Crippen molar-refractivity contribution in [2.24, 2.45) is 40.2 Å². The molecule has 0 radical (unpaired) electrons. The summed E-state index contributed by atoms with van der Waals surface area (Å²) in [5.41, 5.74) is 4.76. The standard InChI is InChI=1S/C29H39FN2O10.C3H8O2/c1-28-8-7-16(33)11-20(28)21(30)12-17-18-5-6-19(29(18,2)14-23(34)26(17)28)24(35)15-41-25(36)13-22(31)27(37)40-9-3-4-10-42-32(38)39;1-3(2,4)5/h7-8,11,17-19,21-23,26,34H,3-6,9-10,12-15,31H2,1-2H3;4-5H,1-2H3/t17-,18?,19?,21-,22?,23-,26+,28-,29-;/m0./s1. The highest BCUT2D eigenvalue weighted by molar-refractivity contribution is 6.01. The summed E-state index contributed by atoms with van der Waals surface area (Å²) in [4.78, 5) is 63.9. The fourth-order valence-corrected chi connectivity index (χ4v) is 8.06. The van der Waals surface area contributed by atoms with Crippen molar-refractivity contribution in [1.82, 2.24) is 0 Å². The molecule has 0 saturated heterocycles. The Morgan fingerprint density at radius 3 is 2.45 bits per heavy atom. The Hall–Kier alpha value is -3.27. The molecule has 0 aromatic carbocycles. The number of Topliss-reactive ketones (excluding diaryl/α,β-unsaturated/α-hetero) is 1.